The molecule has 1 heterocycles. The van der Waals surface area contributed by atoms with E-state index in [1.165, 1.54) is 0 Å². The predicted molar refractivity (Wildman–Crippen MR) is 107 cm³/mol. The molecule has 3 aromatic rings. The van der Waals surface area contributed by atoms with Crippen LogP contribution in [0.3, 0.4) is 0 Å². The molecule has 0 saturated carbocycles. The molecule has 5 nitrogen and oxygen atoms in total. The second-order valence-electron chi connectivity index (χ2n) is 6.27. The lowest BCUT2D eigenvalue weighted by Gasteiger charge is -2.21. The molecule has 1 aliphatic heterocycles. The minimum atomic E-state index is 0.533. The third kappa shape index (κ3) is 3.55. The highest BCUT2D eigenvalue weighted by molar-refractivity contribution is 5.79. The molecule has 0 unspecified atom stereocenters. The van der Waals surface area contributed by atoms with Gasteiger partial charge in [0.25, 0.3) is 0 Å². The van der Waals surface area contributed by atoms with E-state index in [-0.39, 0.29) is 0 Å². The van der Waals surface area contributed by atoms with Crippen LogP contribution in [0.2, 0.25) is 0 Å². The molecule has 5 heteroatoms. The number of anilines is 2. The van der Waals surface area contributed by atoms with Crippen LogP contribution in [0.1, 0.15) is 5.56 Å². The predicted octanol–water partition coefficient (Wildman–Crippen LogP) is 4.34. The Balaban J connectivity index is 1.65. The molecule has 3 aromatic carbocycles. The summed E-state index contributed by atoms with van der Waals surface area (Å²) in [6, 6.07) is 20.0. The number of benzene rings is 3. The Hall–Kier alpha value is -3.18. The van der Waals surface area contributed by atoms with Gasteiger partial charge in [-0.15, -0.1) is 0 Å². The van der Waals surface area contributed by atoms with Crippen LogP contribution in [0.5, 0.6) is 17.2 Å². The lowest BCUT2D eigenvalue weighted by molar-refractivity contribution is 0.172. The minimum absolute atomic E-state index is 0.533. The lowest BCUT2D eigenvalue weighted by atomic mass is 10.0. The highest BCUT2D eigenvalue weighted by atomic mass is 16.6. The molecular weight excluding hydrogens is 340 g/mol. The van der Waals surface area contributed by atoms with Gasteiger partial charge in [-0.1, -0.05) is 30.3 Å². The maximum atomic E-state index is 5.84. The summed E-state index contributed by atoms with van der Waals surface area (Å²) < 4.78 is 17.1. The van der Waals surface area contributed by atoms with E-state index in [0.29, 0.717) is 19.8 Å². The smallest absolute Gasteiger partial charge is 0.169 e. The summed E-state index contributed by atoms with van der Waals surface area (Å²) in [4.78, 5) is 0. The Bertz CT molecular complexity index is 939. The van der Waals surface area contributed by atoms with Crippen molar-refractivity contribution in [2.24, 2.45) is 5.73 Å². The summed E-state index contributed by atoms with van der Waals surface area (Å²) in [6.45, 7) is 1.66. The molecule has 27 heavy (non-hydrogen) atoms. The first kappa shape index (κ1) is 17.2. The molecule has 0 bridgehead atoms. The zero-order chi connectivity index (χ0) is 18.6. The Morgan fingerprint density at radius 1 is 1.00 bits per heavy atom. The maximum absolute atomic E-state index is 5.84. The molecule has 4 rings (SSSR count). The van der Waals surface area contributed by atoms with E-state index in [1.807, 2.05) is 60.7 Å². The summed E-state index contributed by atoms with van der Waals surface area (Å²) in [5.74, 6) is 2.31. The molecular formula is C22H22N2O3. The number of rotatable bonds is 5. The van der Waals surface area contributed by atoms with Crippen molar-refractivity contribution in [2.75, 3.05) is 25.6 Å². The summed E-state index contributed by atoms with van der Waals surface area (Å²) >= 11 is 0. The summed E-state index contributed by atoms with van der Waals surface area (Å²) in [5.41, 5.74) is 10.6. The van der Waals surface area contributed by atoms with E-state index in [4.69, 9.17) is 19.9 Å². The van der Waals surface area contributed by atoms with E-state index in [2.05, 4.69) is 5.32 Å². The van der Waals surface area contributed by atoms with Crippen LogP contribution in [0.4, 0.5) is 11.4 Å². The van der Waals surface area contributed by atoms with Gasteiger partial charge in [-0.25, -0.2) is 0 Å². The average Bonchev–Trinajstić information content (AvgIpc) is 2.74. The van der Waals surface area contributed by atoms with Crippen molar-refractivity contribution >= 4 is 11.4 Å². The minimum Gasteiger partial charge on any atom is -0.495 e. The van der Waals surface area contributed by atoms with E-state index in [1.54, 1.807) is 7.11 Å². The van der Waals surface area contributed by atoms with Crippen molar-refractivity contribution in [1.29, 1.82) is 0 Å². The molecule has 0 saturated heterocycles. The fourth-order valence-corrected chi connectivity index (χ4v) is 3.14. The van der Waals surface area contributed by atoms with Gasteiger partial charge in [0, 0.05) is 17.8 Å². The third-order valence-corrected chi connectivity index (χ3v) is 4.55. The average molecular weight is 362 g/mol. The third-order valence-electron chi connectivity index (χ3n) is 4.55. The monoisotopic (exact) mass is 362 g/mol. The molecule has 0 spiro atoms. The van der Waals surface area contributed by atoms with Gasteiger partial charge in [-0.3, -0.25) is 0 Å². The zero-order valence-corrected chi connectivity index (χ0v) is 15.2. The van der Waals surface area contributed by atoms with Crippen LogP contribution < -0.4 is 25.3 Å². The largest absolute Gasteiger partial charge is 0.495 e. The van der Waals surface area contributed by atoms with E-state index < -0.39 is 0 Å². The first-order valence-electron chi connectivity index (χ1n) is 8.91. The molecule has 0 amide bonds. The number of ether oxygens (including phenoxy) is 3. The van der Waals surface area contributed by atoms with Crippen molar-refractivity contribution in [3.05, 3.63) is 66.2 Å². The Kier molecular flexibility index (Phi) is 4.85. The normalized spacial score (nSPS) is 12.5. The van der Waals surface area contributed by atoms with E-state index in [9.17, 15) is 0 Å². The number of nitrogens with one attached hydrogen (secondary N) is 1. The number of hydrogen-bond acceptors (Lipinski definition) is 5. The van der Waals surface area contributed by atoms with Gasteiger partial charge in [-0.05, 0) is 41.5 Å². The molecule has 138 valence electrons. The Morgan fingerprint density at radius 3 is 2.59 bits per heavy atom. The topological polar surface area (TPSA) is 65.7 Å². The summed E-state index contributed by atoms with van der Waals surface area (Å²) in [5, 5.41) is 3.39. The van der Waals surface area contributed by atoms with E-state index in [0.717, 1.165) is 45.3 Å². The molecule has 1 aliphatic rings. The molecule has 0 aromatic heterocycles. The lowest BCUT2D eigenvalue weighted by Crippen LogP contribution is -2.15. The SMILES string of the molecule is COc1cc(-c2cccc3c2OCCO3)ccc1Nc1ccc(CN)cc1. The Morgan fingerprint density at radius 2 is 1.81 bits per heavy atom. The standard InChI is InChI=1S/C22H22N2O3/c1-25-21-13-16(18-3-2-4-20-22(18)27-12-11-26-20)7-10-19(21)24-17-8-5-15(14-23)6-9-17/h2-10,13,24H,11-12,14,23H2,1H3. The molecule has 0 radical (unpaired) electrons. The number of hydrogen-bond donors (Lipinski definition) is 2. The number of fused-ring (bicyclic) bond motifs is 1. The van der Waals surface area contributed by atoms with Gasteiger partial charge in [0.2, 0.25) is 0 Å². The summed E-state index contributed by atoms with van der Waals surface area (Å²) in [7, 11) is 1.67. The molecule has 0 aliphatic carbocycles. The van der Waals surface area contributed by atoms with Crippen molar-refractivity contribution in [3.63, 3.8) is 0 Å². The highest BCUT2D eigenvalue weighted by Crippen LogP contribution is 2.42. The quantitative estimate of drug-likeness (QED) is 0.707. The van der Waals surface area contributed by atoms with Crippen molar-refractivity contribution in [1.82, 2.24) is 0 Å². The van der Waals surface area contributed by atoms with Gasteiger partial charge >= 0.3 is 0 Å². The van der Waals surface area contributed by atoms with Crippen LogP contribution in [0, 0.1) is 0 Å². The second kappa shape index (κ2) is 7.60. The van der Waals surface area contributed by atoms with Gasteiger partial charge in [-0.2, -0.15) is 0 Å². The maximum Gasteiger partial charge on any atom is 0.169 e. The second-order valence-corrected chi connectivity index (χ2v) is 6.27. The van der Waals surface area contributed by atoms with Crippen LogP contribution in [-0.4, -0.2) is 20.3 Å². The molecule has 0 fully saturated rings. The van der Waals surface area contributed by atoms with Crippen molar-refractivity contribution < 1.29 is 14.2 Å². The van der Waals surface area contributed by atoms with Crippen LogP contribution in [0.15, 0.2) is 60.7 Å². The first-order valence-corrected chi connectivity index (χ1v) is 8.91. The van der Waals surface area contributed by atoms with Gasteiger partial charge in [0.1, 0.15) is 19.0 Å². The number of para-hydroxylation sites is 1. The van der Waals surface area contributed by atoms with Gasteiger partial charge in [0.05, 0.1) is 12.8 Å². The molecule has 3 N–H and O–H groups in total. The van der Waals surface area contributed by atoms with Crippen LogP contribution >= 0.6 is 0 Å². The van der Waals surface area contributed by atoms with E-state index >= 15 is 0 Å². The highest BCUT2D eigenvalue weighted by Gasteiger charge is 2.17. The van der Waals surface area contributed by atoms with Gasteiger partial charge in [0.15, 0.2) is 11.5 Å². The summed E-state index contributed by atoms with van der Waals surface area (Å²) in [6.07, 6.45) is 0. The van der Waals surface area contributed by atoms with Gasteiger partial charge < -0.3 is 25.3 Å². The fraction of sp³-hybridized carbons (Fsp3) is 0.182. The zero-order valence-electron chi connectivity index (χ0n) is 15.2. The first-order chi connectivity index (χ1) is 13.3. The number of methoxy groups -OCH3 is 1. The van der Waals surface area contributed by atoms with Crippen LogP contribution in [-0.2, 0) is 6.54 Å². The number of nitrogens with two attached hydrogens (primary N) is 1. The van der Waals surface area contributed by atoms with Crippen molar-refractivity contribution in [3.8, 4) is 28.4 Å². The van der Waals surface area contributed by atoms with Crippen molar-refractivity contribution in [2.45, 2.75) is 6.54 Å². The molecule has 0 atom stereocenters. The Labute approximate surface area is 158 Å². The van der Waals surface area contributed by atoms with Crippen LogP contribution in [0.25, 0.3) is 11.1 Å². The fourth-order valence-electron chi connectivity index (χ4n) is 3.14.